The van der Waals surface area contributed by atoms with Crippen molar-refractivity contribution in [2.75, 3.05) is 6.61 Å². The highest BCUT2D eigenvalue weighted by Crippen LogP contribution is 2.39. The standard InChI is InChI=1S/C19H20N4O3S/c1-13-9-15(25-17-5-3-4-8-20-17)6-7-16(13)19(24-10-14(2)26-19)11-23-18(27)21-12-22-23/h3-9,12,14H,10-11H2,1-2H3,(H,21,22,27). The number of nitrogens with one attached hydrogen (secondary N) is 1. The number of aromatic amines is 1. The van der Waals surface area contributed by atoms with Crippen molar-refractivity contribution in [1.82, 2.24) is 19.7 Å². The monoisotopic (exact) mass is 384 g/mol. The molecular weight excluding hydrogens is 364 g/mol. The van der Waals surface area contributed by atoms with Gasteiger partial charge in [0.2, 0.25) is 16.4 Å². The number of ether oxygens (including phenoxy) is 3. The number of hydrogen-bond donors (Lipinski definition) is 1. The predicted octanol–water partition coefficient (Wildman–Crippen LogP) is 3.72. The lowest BCUT2D eigenvalue weighted by atomic mass is 9.99. The molecule has 1 saturated heterocycles. The fraction of sp³-hybridized carbons (Fsp3) is 0.316. The quantitative estimate of drug-likeness (QED) is 0.676. The van der Waals surface area contributed by atoms with E-state index in [4.69, 9.17) is 26.4 Å². The molecule has 0 amide bonds. The van der Waals surface area contributed by atoms with Crippen LogP contribution in [-0.2, 0) is 21.8 Å². The van der Waals surface area contributed by atoms with Crippen molar-refractivity contribution in [3.05, 3.63) is 64.8 Å². The van der Waals surface area contributed by atoms with Crippen molar-refractivity contribution in [3.8, 4) is 11.6 Å². The van der Waals surface area contributed by atoms with Gasteiger partial charge in [-0.15, -0.1) is 0 Å². The molecule has 2 atom stereocenters. The summed E-state index contributed by atoms with van der Waals surface area (Å²) in [5, 5.41) is 3.01. The van der Waals surface area contributed by atoms with Gasteiger partial charge in [0.25, 0.3) is 0 Å². The fourth-order valence-electron chi connectivity index (χ4n) is 3.21. The maximum atomic E-state index is 6.21. The van der Waals surface area contributed by atoms with Gasteiger partial charge in [-0.25, -0.2) is 9.97 Å². The molecule has 3 aromatic rings. The summed E-state index contributed by atoms with van der Waals surface area (Å²) < 4.78 is 20.3. The molecule has 140 valence electrons. The first-order valence-electron chi connectivity index (χ1n) is 8.68. The van der Waals surface area contributed by atoms with Crippen LogP contribution in [0.3, 0.4) is 0 Å². The second-order valence-corrected chi connectivity index (χ2v) is 6.86. The zero-order valence-electron chi connectivity index (χ0n) is 15.1. The Bertz CT molecular complexity index is 988. The molecule has 1 N–H and O–H groups in total. The zero-order valence-corrected chi connectivity index (χ0v) is 15.9. The first-order chi connectivity index (χ1) is 13.1. The van der Waals surface area contributed by atoms with E-state index in [9.17, 15) is 0 Å². The van der Waals surface area contributed by atoms with Crippen molar-refractivity contribution in [3.63, 3.8) is 0 Å². The highest BCUT2D eigenvalue weighted by molar-refractivity contribution is 7.71. The first-order valence-corrected chi connectivity index (χ1v) is 9.08. The van der Waals surface area contributed by atoms with Gasteiger partial charge in [-0.3, -0.25) is 9.78 Å². The molecule has 0 radical (unpaired) electrons. The molecule has 0 bridgehead atoms. The minimum absolute atomic E-state index is 0.0223. The second kappa shape index (κ2) is 7.22. The number of benzene rings is 1. The molecule has 3 heterocycles. The Labute approximate surface area is 161 Å². The average molecular weight is 384 g/mol. The van der Waals surface area contributed by atoms with Gasteiger partial charge in [-0.1, -0.05) is 6.07 Å². The van der Waals surface area contributed by atoms with Crippen LogP contribution in [0, 0.1) is 11.7 Å². The maximum absolute atomic E-state index is 6.21. The lowest BCUT2D eigenvalue weighted by molar-refractivity contribution is -0.187. The van der Waals surface area contributed by atoms with Gasteiger partial charge in [0.15, 0.2) is 0 Å². The van der Waals surface area contributed by atoms with Crippen LogP contribution in [0.15, 0.2) is 48.9 Å². The van der Waals surface area contributed by atoms with Gasteiger partial charge >= 0.3 is 0 Å². The minimum Gasteiger partial charge on any atom is -0.439 e. The van der Waals surface area contributed by atoms with Crippen LogP contribution in [0.5, 0.6) is 11.6 Å². The van der Waals surface area contributed by atoms with Gasteiger partial charge in [-0.2, -0.15) is 0 Å². The molecule has 1 aliphatic heterocycles. The number of pyridine rings is 1. The molecule has 2 unspecified atom stereocenters. The average Bonchev–Trinajstić information content (AvgIpc) is 3.22. The van der Waals surface area contributed by atoms with E-state index in [2.05, 4.69) is 15.1 Å². The Morgan fingerprint density at radius 3 is 2.85 bits per heavy atom. The third kappa shape index (κ3) is 3.64. The summed E-state index contributed by atoms with van der Waals surface area (Å²) in [6.07, 6.45) is 3.23. The summed E-state index contributed by atoms with van der Waals surface area (Å²) in [6.45, 7) is 4.89. The van der Waals surface area contributed by atoms with E-state index >= 15 is 0 Å². The summed E-state index contributed by atoms with van der Waals surface area (Å²) in [6, 6.07) is 11.4. The number of nitrogens with zero attached hydrogens (tertiary/aromatic N) is 3. The molecule has 1 aliphatic rings. The van der Waals surface area contributed by atoms with Crippen LogP contribution < -0.4 is 4.74 Å². The van der Waals surface area contributed by atoms with Crippen LogP contribution in [-0.4, -0.2) is 32.5 Å². The smallest absolute Gasteiger partial charge is 0.219 e. The number of aromatic nitrogens is 4. The summed E-state index contributed by atoms with van der Waals surface area (Å²) >= 11 is 5.26. The van der Waals surface area contributed by atoms with E-state index in [0.717, 1.165) is 11.1 Å². The molecule has 1 aromatic carbocycles. The minimum atomic E-state index is -0.933. The van der Waals surface area contributed by atoms with Gasteiger partial charge in [0, 0.05) is 17.8 Å². The highest BCUT2D eigenvalue weighted by atomic mass is 32.1. The van der Waals surface area contributed by atoms with E-state index in [1.54, 1.807) is 17.2 Å². The van der Waals surface area contributed by atoms with E-state index in [1.807, 2.05) is 50.2 Å². The molecule has 0 aliphatic carbocycles. The number of rotatable bonds is 5. The normalized spacial score (nSPS) is 22.1. The molecule has 2 aromatic heterocycles. The molecule has 0 spiro atoms. The molecule has 0 saturated carbocycles. The van der Waals surface area contributed by atoms with Crippen LogP contribution >= 0.6 is 12.2 Å². The molecule has 4 rings (SSSR count). The first kappa shape index (κ1) is 17.8. The van der Waals surface area contributed by atoms with Gasteiger partial charge in [0.05, 0.1) is 12.7 Å². The third-order valence-corrected chi connectivity index (χ3v) is 4.72. The van der Waals surface area contributed by atoms with Crippen molar-refractivity contribution in [2.24, 2.45) is 0 Å². The lowest BCUT2D eigenvalue weighted by Crippen LogP contribution is -2.34. The summed E-state index contributed by atoms with van der Waals surface area (Å²) in [7, 11) is 0. The van der Waals surface area contributed by atoms with Crippen LogP contribution in [0.1, 0.15) is 18.1 Å². The van der Waals surface area contributed by atoms with Crippen molar-refractivity contribution in [1.29, 1.82) is 0 Å². The van der Waals surface area contributed by atoms with Crippen LogP contribution in [0.2, 0.25) is 0 Å². The van der Waals surface area contributed by atoms with E-state index in [0.29, 0.717) is 29.6 Å². The topological polar surface area (TPSA) is 74.2 Å². The van der Waals surface area contributed by atoms with E-state index in [1.165, 1.54) is 0 Å². The molecule has 8 heteroatoms. The summed E-state index contributed by atoms with van der Waals surface area (Å²) in [5.74, 6) is 0.317. The largest absolute Gasteiger partial charge is 0.439 e. The number of aryl methyl sites for hydroxylation is 1. The molecule has 1 fully saturated rings. The Morgan fingerprint density at radius 2 is 2.22 bits per heavy atom. The Hall–Kier alpha value is -2.55. The van der Waals surface area contributed by atoms with Crippen LogP contribution in [0.25, 0.3) is 0 Å². The van der Waals surface area contributed by atoms with E-state index < -0.39 is 5.79 Å². The zero-order chi connectivity index (χ0) is 18.9. The predicted molar refractivity (Wildman–Crippen MR) is 101 cm³/mol. The van der Waals surface area contributed by atoms with Gasteiger partial charge in [-0.05, 0) is 55.9 Å². The Kier molecular flexibility index (Phi) is 4.77. The van der Waals surface area contributed by atoms with E-state index in [-0.39, 0.29) is 6.10 Å². The molecule has 7 nitrogen and oxygen atoms in total. The molecule has 27 heavy (non-hydrogen) atoms. The summed E-state index contributed by atoms with van der Waals surface area (Å²) in [5.41, 5.74) is 1.92. The van der Waals surface area contributed by atoms with Crippen molar-refractivity contribution < 1.29 is 14.2 Å². The van der Waals surface area contributed by atoms with Gasteiger partial charge < -0.3 is 14.2 Å². The number of H-pyrrole nitrogens is 1. The second-order valence-electron chi connectivity index (χ2n) is 6.50. The third-order valence-electron chi connectivity index (χ3n) is 4.40. The lowest BCUT2D eigenvalue weighted by Gasteiger charge is -2.30. The van der Waals surface area contributed by atoms with Crippen molar-refractivity contribution in [2.45, 2.75) is 32.3 Å². The highest BCUT2D eigenvalue weighted by Gasteiger charge is 2.43. The maximum Gasteiger partial charge on any atom is 0.219 e. The van der Waals surface area contributed by atoms with Crippen molar-refractivity contribution >= 4 is 12.2 Å². The molecular formula is C19H20N4O3S. The SMILES string of the molecule is Cc1cc(Oc2ccccn2)ccc1C1(Cn2[nH]cnc2=S)OCC(C)O1. The number of hydrogen-bond acceptors (Lipinski definition) is 6. The Balaban J connectivity index is 1.66. The summed E-state index contributed by atoms with van der Waals surface area (Å²) in [4.78, 5) is 8.26. The Morgan fingerprint density at radius 1 is 1.33 bits per heavy atom. The fourth-order valence-corrected chi connectivity index (χ4v) is 3.38. The van der Waals surface area contributed by atoms with Gasteiger partial charge in [0.1, 0.15) is 18.6 Å². The van der Waals surface area contributed by atoms with Crippen LogP contribution in [0.4, 0.5) is 0 Å².